The normalized spacial score (nSPS) is 27.3. The van der Waals surface area contributed by atoms with Crippen molar-refractivity contribution in [2.45, 2.75) is 91.5 Å². The maximum absolute atomic E-state index is 14.3. The molecule has 7 atom stereocenters. The van der Waals surface area contributed by atoms with Crippen LogP contribution in [0.5, 0.6) is 0 Å². The predicted molar refractivity (Wildman–Crippen MR) is 204 cm³/mol. The highest BCUT2D eigenvalue weighted by atomic mass is 32.1. The second-order valence-corrected chi connectivity index (χ2v) is 17.3. The summed E-state index contributed by atoms with van der Waals surface area (Å²) in [5, 5.41) is 8.56. The Labute approximate surface area is 314 Å². The van der Waals surface area contributed by atoms with Gasteiger partial charge in [-0.05, 0) is 87.1 Å². The fourth-order valence-electron chi connectivity index (χ4n) is 8.60. The van der Waals surface area contributed by atoms with Crippen molar-refractivity contribution in [2.75, 3.05) is 20.3 Å². The monoisotopic (exact) mass is 738 g/mol. The smallest absolute Gasteiger partial charge is 0.325 e. The Balaban J connectivity index is 1.25. The van der Waals surface area contributed by atoms with E-state index in [0.29, 0.717) is 18.9 Å². The summed E-state index contributed by atoms with van der Waals surface area (Å²) in [6, 6.07) is 9.14. The summed E-state index contributed by atoms with van der Waals surface area (Å²) in [5.41, 5.74) is 9.86. The average Bonchev–Trinajstić information content (AvgIpc) is 3.56. The number of hydrazine groups is 1. The molecular formula is C41H50N6O5S. The minimum Gasteiger partial charge on any atom is -0.464 e. The molecule has 8 rings (SSSR count). The lowest BCUT2D eigenvalue weighted by atomic mass is 9.68. The molecule has 0 spiro atoms. The third kappa shape index (κ3) is 6.67. The number of carbonyl (C=O) groups excluding carboxylic acids is 3. The molecule has 11 nitrogen and oxygen atoms in total. The van der Waals surface area contributed by atoms with E-state index in [1.165, 1.54) is 11.3 Å². The summed E-state index contributed by atoms with van der Waals surface area (Å²) in [4.78, 5) is 51.4. The molecule has 3 aromatic heterocycles. The van der Waals surface area contributed by atoms with E-state index in [0.717, 1.165) is 75.5 Å². The van der Waals surface area contributed by atoms with Gasteiger partial charge in [0.15, 0.2) is 0 Å². The molecule has 0 radical (unpaired) electrons. The summed E-state index contributed by atoms with van der Waals surface area (Å²) >= 11 is 1.50. The van der Waals surface area contributed by atoms with E-state index in [1.807, 2.05) is 24.6 Å². The van der Waals surface area contributed by atoms with Crippen molar-refractivity contribution in [3.8, 4) is 22.5 Å². The number of cyclic esters (lactones) is 1. The van der Waals surface area contributed by atoms with Crippen LogP contribution in [0.4, 0.5) is 0 Å². The zero-order valence-corrected chi connectivity index (χ0v) is 32.3. The standard InChI is InChI=1S/C41H50N6O5S/c1-7-46-33-13-11-24-16-29(33)30(37(46)27-9-8-14-42-35(27)23(3)51-6)18-41(4,5)21-52-40(50)36-26-12-10-25(26)19-47(45-36)39(49)31(17-34-43-32(24)20-53-34)44-38(48)28-15-22(28)2/h8-9,11,13-14,16,20,22-23,25-26,28,31,36,45H,7,10,12,15,17-19,21H2,1-6H3,(H,44,48). The number of benzene rings is 1. The molecule has 4 aromatic rings. The third-order valence-corrected chi connectivity index (χ3v) is 12.9. The number of pyridine rings is 1. The van der Waals surface area contributed by atoms with Crippen molar-refractivity contribution in [3.05, 3.63) is 58.2 Å². The van der Waals surface area contributed by atoms with Gasteiger partial charge in [-0.3, -0.25) is 24.4 Å². The zero-order chi connectivity index (χ0) is 37.2. The number of nitrogens with zero attached hydrogens (tertiary/aromatic N) is 4. The zero-order valence-electron chi connectivity index (χ0n) is 31.5. The van der Waals surface area contributed by atoms with E-state index in [1.54, 1.807) is 12.1 Å². The summed E-state index contributed by atoms with van der Waals surface area (Å²) in [6.07, 6.45) is 5.16. The minimum absolute atomic E-state index is 0.0826. The first-order chi connectivity index (χ1) is 25.5. The molecule has 2 amide bonds. The van der Waals surface area contributed by atoms with E-state index in [9.17, 15) is 14.4 Å². The van der Waals surface area contributed by atoms with Crippen LogP contribution in [0, 0.1) is 29.1 Å². The summed E-state index contributed by atoms with van der Waals surface area (Å²) in [7, 11) is 1.70. The number of aromatic nitrogens is 3. The number of nitrogens with one attached hydrogen (secondary N) is 2. The lowest BCUT2D eigenvalue weighted by Gasteiger charge is -2.49. The average molecular weight is 739 g/mol. The van der Waals surface area contributed by atoms with E-state index < -0.39 is 17.5 Å². The molecule has 2 aliphatic heterocycles. The van der Waals surface area contributed by atoms with Gasteiger partial charge in [0, 0.05) is 71.6 Å². The Hall–Kier alpha value is -4.13. The Morgan fingerprint density at radius 3 is 2.75 bits per heavy atom. The molecular weight excluding hydrogens is 689 g/mol. The van der Waals surface area contributed by atoms with Crippen LogP contribution in [0.15, 0.2) is 41.9 Å². The van der Waals surface area contributed by atoms with Crippen molar-refractivity contribution < 1.29 is 23.9 Å². The molecule has 2 aliphatic carbocycles. The largest absolute Gasteiger partial charge is 0.464 e. The van der Waals surface area contributed by atoms with Gasteiger partial charge in [0.25, 0.3) is 5.91 Å². The van der Waals surface area contributed by atoms with Crippen molar-refractivity contribution in [1.29, 1.82) is 0 Å². The first-order valence-electron chi connectivity index (χ1n) is 19.1. The van der Waals surface area contributed by atoms with Crippen molar-refractivity contribution in [2.24, 2.45) is 29.1 Å². The van der Waals surface area contributed by atoms with Gasteiger partial charge in [-0.2, -0.15) is 0 Å². The van der Waals surface area contributed by atoms with E-state index >= 15 is 0 Å². The lowest BCUT2D eigenvalue weighted by molar-refractivity contribution is -0.165. The van der Waals surface area contributed by atoms with E-state index in [2.05, 4.69) is 67.3 Å². The molecule has 12 heteroatoms. The Morgan fingerprint density at radius 1 is 1.23 bits per heavy atom. The Morgan fingerprint density at radius 2 is 2.04 bits per heavy atom. The molecule has 1 aromatic carbocycles. The molecule has 6 bridgehead atoms. The second-order valence-electron chi connectivity index (χ2n) is 16.3. The number of hydrogen-bond donors (Lipinski definition) is 2. The first-order valence-corrected chi connectivity index (χ1v) is 20.0. The van der Waals surface area contributed by atoms with Gasteiger partial charge in [-0.25, -0.2) is 10.4 Å². The minimum atomic E-state index is -0.814. The second kappa shape index (κ2) is 13.9. The number of aryl methyl sites for hydroxylation is 1. The number of esters is 1. The van der Waals surface area contributed by atoms with Crippen LogP contribution in [-0.2, 0) is 43.2 Å². The fraction of sp³-hybridized carbons (Fsp3) is 0.537. The van der Waals surface area contributed by atoms with Crippen LogP contribution in [-0.4, -0.2) is 69.7 Å². The van der Waals surface area contributed by atoms with Gasteiger partial charge in [0.1, 0.15) is 12.1 Å². The molecule has 280 valence electrons. The van der Waals surface area contributed by atoms with E-state index in [-0.39, 0.29) is 54.7 Å². The Bertz CT molecular complexity index is 2070. The number of methoxy groups -OCH3 is 1. The molecule has 1 saturated heterocycles. The molecule has 53 heavy (non-hydrogen) atoms. The van der Waals surface area contributed by atoms with Gasteiger partial charge >= 0.3 is 5.97 Å². The van der Waals surface area contributed by atoms with Gasteiger partial charge in [0.05, 0.1) is 34.8 Å². The SMILES string of the molecule is CCn1c(-c2cccnc2C(C)OC)c2c3cc(ccc31)-c1csc(n1)CC(NC(=O)C1CC1C)C(=O)N1CC3CCC3C(N1)C(=O)OCC(C)(C)C2. The number of ether oxygens (including phenoxy) is 2. The van der Waals surface area contributed by atoms with Crippen molar-refractivity contribution in [1.82, 2.24) is 30.3 Å². The molecule has 2 N–H and O–H groups in total. The van der Waals surface area contributed by atoms with Gasteiger partial charge < -0.3 is 19.4 Å². The van der Waals surface area contributed by atoms with Crippen LogP contribution in [0.2, 0.25) is 0 Å². The maximum Gasteiger partial charge on any atom is 0.325 e. The van der Waals surface area contributed by atoms with Crippen LogP contribution in [0.1, 0.15) is 76.3 Å². The van der Waals surface area contributed by atoms with Crippen molar-refractivity contribution in [3.63, 3.8) is 0 Å². The molecule has 7 unspecified atom stereocenters. The Kier molecular flexibility index (Phi) is 9.43. The third-order valence-electron chi connectivity index (χ3n) is 12.0. The van der Waals surface area contributed by atoms with Crippen molar-refractivity contribution >= 4 is 40.0 Å². The van der Waals surface area contributed by atoms with E-state index in [4.69, 9.17) is 19.4 Å². The number of fused-ring (bicyclic) bond motifs is 8. The predicted octanol–water partition coefficient (Wildman–Crippen LogP) is 6.10. The number of amides is 2. The van der Waals surface area contributed by atoms with Crippen LogP contribution in [0.25, 0.3) is 33.4 Å². The van der Waals surface area contributed by atoms with Gasteiger partial charge in [0.2, 0.25) is 5.91 Å². The topological polar surface area (TPSA) is 128 Å². The molecule has 5 heterocycles. The number of rotatable bonds is 6. The highest BCUT2D eigenvalue weighted by Gasteiger charge is 2.49. The highest BCUT2D eigenvalue weighted by Crippen LogP contribution is 2.44. The van der Waals surface area contributed by atoms with Crippen LogP contribution < -0.4 is 10.7 Å². The number of thiazole rings is 1. The first kappa shape index (κ1) is 35.9. The number of carbonyl (C=O) groups is 3. The quantitative estimate of drug-likeness (QED) is 0.227. The fourth-order valence-corrected chi connectivity index (χ4v) is 9.45. The molecule has 4 aliphatic rings. The molecule has 3 fully saturated rings. The number of hydrogen-bond acceptors (Lipinski definition) is 9. The summed E-state index contributed by atoms with van der Waals surface area (Å²) < 4.78 is 14.3. The van der Waals surface area contributed by atoms with Crippen LogP contribution in [0.3, 0.4) is 0 Å². The summed E-state index contributed by atoms with van der Waals surface area (Å²) in [6.45, 7) is 11.9. The molecule has 2 saturated carbocycles. The maximum atomic E-state index is 14.3. The highest BCUT2D eigenvalue weighted by molar-refractivity contribution is 7.10. The lowest BCUT2D eigenvalue weighted by Crippen LogP contribution is -2.67. The van der Waals surface area contributed by atoms with Crippen LogP contribution >= 0.6 is 11.3 Å². The summed E-state index contributed by atoms with van der Waals surface area (Å²) in [5.74, 6) is -0.172. The van der Waals surface area contributed by atoms with Gasteiger partial charge in [-0.1, -0.05) is 26.8 Å². The van der Waals surface area contributed by atoms with Gasteiger partial charge in [-0.15, -0.1) is 11.3 Å².